The summed E-state index contributed by atoms with van der Waals surface area (Å²) in [6.45, 7) is 5.98. The Morgan fingerprint density at radius 1 is 1.37 bits per heavy atom. The zero-order valence-electron chi connectivity index (χ0n) is 15.7. The molecular formula is C18H26N4O3S2. The molecule has 0 radical (unpaired) electrons. The van der Waals surface area contributed by atoms with Crippen LogP contribution in [0.1, 0.15) is 39.5 Å². The third kappa shape index (κ3) is 4.83. The van der Waals surface area contributed by atoms with Gasteiger partial charge in [-0.3, -0.25) is 4.79 Å². The molecule has 1 aliphatic heterocycles. The molecule has 2 N–H and O–H groups in total. The van der Waals surface area contributed by atoms with Gasteiger partial charge in [-0.05, 0) is 44.4 Å². The molecule has 0 saturated carbocycles. The van der Waals surface area contributed by atoms with E-state index in [1.807, 2.05) is 18.7 Å². The third-order valence-corrected chi connectivity index (χ3v) is 7.05. The molecule has 1 saturated heterocycles. The number of fused-ring (bicyclic) bond motifs is 1. The summed E-state index contributed by atoms with van der Waals surface area (Å²) in [6, 6.07) is 4.84. The van der Waals surface area contributed by atoms with Gasteiger partial charge in [-0.15, -0.1) is 0 Å². The van der Waals surface area contributed by atoms with E-state index in [-0.39, 0.29) is 16.1 Å². The molecule has 7 nitrogen and oxygen atoms in total. The number of carbonyl (C=O) groups is 1. The Balaban J connectivity index is 1.72. The van der Waals surface area contributed by atoms with Crippen LogP contribution in [-0.4, -0.2) is 54.1 Å². The van der Waals surface area contributed by atoms with Crippen molar-refractivity contribution in [2.24, 2.45) is 0 Å². The molecule has 0 aliphatic carbocycles. The van der Waals surface area contributed by atoms with Gasteiger partial charge in [0, 0.05) is 19.6 Å². The molecule has 1 aliphatic rings. The summed E-state index contributed by atoms with van der Waals surface area (Å²) < 4.78 is 27.4. The number of aromatic nitrogens is 2. The summed E-state index contributed by atoms with van der Waals surface area (Å²) in [5.74, 6) is 0.126. The van der Waals surface area contributed by atoms with Crippen LogP contribution in [0, 0.1) is 0 Å². The largest absolute Gasteiger partial charge is 0.342 e. The number of hydrogen-bond acceptors (Lipinski definition) is 5. The van der Waals surface area contributed by atoms with E-state index in [1.54, 1.807) is 18.2 Å². The Bertz CT molecular complexity index is 904. The highest BCUT2D eigenvalue weighted by molar-refractivity contribution is 8.00. The first kappa shape index (κ1) is 20.2. The Hall–Kier alpha value is -1.58. The van der Waals surface area contributed by atoms with Crippen molar-refractivity contribution >= 4 is 38.7 Å². The van der Waals surface area contributed by atoms with Crippen LogP contribution in [0.5, 0.6) is 0 Å². The second-order valence-corrected chi connectivity index (χ2v) is 9.86. The van der Waals surface area contributed by atoms with Gasteiger partial charge in [-0.2, -0.15) is 0 Å². The van der Waals surface area contributed by atoms with Crippen molar-refractivity contribution in [2.75, 3.05) is 19.6 Å². The second-order valence-electron chi connectivity index (χ2n) is 6.76. The zero-order valence-corrected chi connectivity index (χ0v) is 17.3. The highest BCUT2D eigenvalue weighted by Gasteiger charge is 2.25. The number of benzene rings is 1. The topological polar surface area (TPSA) is 95.2 Å². The van der Waals surface area contributed by atoms with Crippen LogP contribution in [0.15, 0.2) is 28.3 Å². The quantitative estimate of drug-likeness (QED) is 0.515. The van der Waals surface area contributed by atoms with E-state index in [9.17, 15) is 13.2 Å². The smallest absolute Gasteiger partial charge is 0.240 e. The predicted octanol–water partition coefficient (Wildman–Crippen LogP) is 2.74. The number of nitrogens with zero attached hydrogens (tertiary/aromatic N) is 2. The number of unbranched alkanes of at least 4 members (excludes halogenated alkanes) is 1. The van der Waals surface area contributed by atoms with E-state index in [1.165, 1.54) is 11.8 Å². The van der Waals surface area contributed by atoms with Crippen LogP contribution in [0.4, 0.5) is 0 Å². The lowest BCUT2D eigenvalue weighted by molar-refractivity contribution is -0.129. The van der Waals surface area contributed by atoms with Crippen molar-refractivity contribution in [2.45, 2.75) is 54.8 Å². The van der Waals surface area contributed by atoms with Gasteiger partial charge >= 0.3 is 0 Å². The highest BCUT2D eigenvalue weighted by Crippen LogP contribution is 2.26. The van der Waals surface area contributed by atoms with Crippen molar-refractivity contribution in [1.82, 2.24) is 19.6 Å². The first-order valence-corrected chi connectivity index (χ1v) is 11.7. The molecule has 1 aromatic heterocycles. The molecule has 1 amide bonds. The molecule has 0 unspecified atom stereocenters. The number of thioether (sulfide) groups is 1. The number of imidazole rings is 1. The summed E-state index contributed by atoms with van der Waals surface area (Å²) in [5.41, 5.74) is 1.34. The number of aromatic amines is 1. The molecule has 3 rings (SSSR count). The van der Waals surface area contributed by atoms with Crippen LogP contribution >= 0.6 is 11.8 Å². The molecule has 1 atom stereocenters. The molecule has 0 spiro atoms. The Kier molecular flexibility index (Phi) is 6.44. The number of likely N-dealkylation sites (tertiary alicyclic amines) is 1. The Morgan fingerprint density at radius 3 is 2.81 bits per heavy atom. The number of carbonyl (C=O) groups excluding carboxylic acids is 1. The van der Waals surface area contributed by atoms with E-state index in [0.717, 1.165) is 38.8 Å². The van der Waals surface area contributed by atoms with Crippen molar-refractivity contribution in [1.29, 1.82) is 0 Å². The monoisotopic (exact) mass is 410 g/mol. The lowest BCUT2D eigenvalue weighted by Gasteiger charge is -2.19. The number of amides is 1. The van der Waals surface area contributed by atoms with Gasteiger partial charge in [0.25, 0.3) is 0 Å². The van der Waals surface area contributed by atoms with E-state index < -0.39 is 10.0 Å². The highest BCUT2D eigenvalue weighted by atomic mass is 32.2. The molecule has 148 valence electrons. The second kappa shape index (κ2) is 8.62. The lowest BCUT2D eigenvalue weighted by Crippen LogP contribution is -2.34. The fourth-order valence-corrected chi connectivity index (χ4v) is 5.07. The average molecular weight is 411 g/mol. The minimum absolute atomic E-state index is 0.126. The summed E-state index contributed by atoms with van der Waals surface area (Å²) in [5, 5.41) is 0.390. The van der Waals surface area contributed by atoms with E-state index in [0.29, 0.717) is 22.7 Å². The molecule has 2 heterocycles. The molecular weight excluding hydrogens is 384 g/mol. The SMILES string of the molecule is CCCCNS(=O)(=O)c1ccc2nc(S[C@H](C)C(=O)N3CCCC3)[nH]c2c1. The van der Waals surface area contributed by atoms with E-state index in [4.69, 9.17) is 0 Å². The summed E-state index contributed by atoms with van der Waals surface area (Å²) in [7, 11) is -3.53. The fraction of sp³-hybridized carbons (Fsp3) is 0.556. The third-order valence-electron chi connectivity index (χ3n) is 4.62. The fourth-order valence-electron chi connectivity index (χ4n) is 3.07. The minimum atomic E-state index is -3.53. The maximum Gasteiger partial charge on any atom is 0.240 e. The number of H-pyrrole nitrogens is 1. The van der Waals surface area contributed by atoms with Gasteiger partial charge in [0.1, 0.15) is 0 Å². The normalized spacial score (nSPS) is 16.1. The van der Waals surface area contributed by atoms with Crippen molar-refractivity contribution in [3.8, 4) is 0 Å². The zero-order chi connectivity index (χ0) is 19.4. The van der Waals surface area contributed by atoms with Crippen LogP contribution < -0.4 is 4.72 Å². The maximum absolute atomic E-state index is 12.5. The van der Waals surface area contributed by atoms with Gasteiger partial charge in [0.05, 0.1) is 21.2 Å². The van der Waals surface area contributed by atoms with Gasteiger partial charge in [-0.1, -0.05) is 25.1 Å². The average Bonchev–Trinajstić information content (AvgIpc) is 3.29. The molecule has 27 heavy (non-hydrogen) atoms. The number of sulfonamides is 1. The van der Waals surface area contributed by atoms with Gasteiger partial charge in [-0.25, -0.2) is 18.1 Å². The maximum atomic E-state index is 12.5. The number of nitrogens with one attached hydrogen (secondary N) is 2. The van der Waals surface area contributed by atoms with Crippen LogP contribution in [0.3, 0.4) is 0 Å². The van der Waals surface area contributed by atoms with Crippen LogP contribution in [0.2, 0.25) is 0 Å². The van der Waals surface area contributed by atoms with Gasteiger partial charge in [0.15, 0.2) is 5.16 Å². The minimum Gasteiger partial charge on any atom is -0.342 e. The van der Waals surface area contributed by atoms with E-state index in [2.05, 4.69) is 14.7 Å². The first-order valence-electron chi connectivity index (χ1n) is 9.35. The number of rotatable bonds is 8. The van der Waals surface area contributed by atoms with Gasteiger partial charge < -0.3 is 9.88 Å². The summed E-state index contributed by atoms with van der Waals surface area (Å²) in [6.07, 6.45) is 3.86. The molecule has 9 heteroatoms. The van der Waals surface area contributed by atoms with E-state index >= 15 is 0 Å². The van der Waals surface area contributed by atoms with Crippen molar-refractivity contribution in [3.05, 3.63) is 18.2 Å². The Morgan fingerprint density at radius 2 is 2.11 bits per heavy atom. The van der Waals surface area contributed by atoms with Crippen molar-refractivity contribution in [3.63, 3.8) is 0 Å². The van der Waals surface area contributed by atoms with Crippen LogP contribution in [-0.2, 0) is 14.8 Å². The predicted molar refractivity (Wildman–Crippen MR) is 107 cm³/mol. The number of hydrogen-bond donors (Lipinski definition) is 2. The molecule has 2 aromatic rings. The lowest BCUT2D eigenvalue weighted by atomic mass is 10.3. The van der Waals surface area contributed by atoms with Crippen molar-refractivity contribution < 1.29 is 13.2 Å². The molecule has 1 aromatic carbocycles. The van der Waals surface area contributed by atoms with Crippen LogP contribution in [0.25, 0.3) is 11.0 Å². The standard InChI is InChI=1S/C18H26N4O3S2/c1-3-4-9-19-27(24,25)14-7-8-15-16(12-14)21-18(20-15)26-13(2)17(23)22-10-5-6-11-22/h7-8,12-13,19H,3-6,9-11H2,1-2H3,(H,20,21)/t13-/m1/s1. The summed E-state index contributed by atoms with van der Waals surface area (Å²) in [4.78, 5) is 22.2. The molecule has 1 fully saturated rings. The Labute approximate surface area is 164 Å². The first-order chi connectivity index (χ1) is 12.9. The summed E-state index contributed by atoms with van der Waals surface area (Å²) >= 11 is 1.37. The molecule has 0 bridgehead atoms. The van der Waals surface area contributed by atoms with Gasteiger partial charge in [0.2, 0.25) is 15.9 Å².